The molecule has 0 radical (unpaired) electrons. The summed E-state index contributed by atoms with van der Waals surface area (Å²) in [7, 11) is 1.89. The van der Waals surface area contributed by atoms with E-state index in [4.69, 9.17) is 10.2 Å². The van der Waals surface area contributed by atoms with Gasteiger partial charge >= 0.3 is 0 Å². The average Bonchev–Trinajstić information content (AvgIpc) is 3.38. The maximum atomic E-state index is 13.0. The van der Waals surface area contributed by atoms with Crippen LogP contribution < -0.4 is 5.32 Å². The summed E-state index contributed by atoms with van der Waals surface area (Å²) in [6.07, 6.45) is 4.11. The van der Waals surface area contributed by atoms with Crippen LogP contribution in [0.1, 0.15) is 29.8 Å². The molecule has 1 aliphatic heterocycles. The highest BCUT2D eigenvalue weighted by molar-refractivity contribution is 6.06. The number of nitrogens with zero attached hydrogens (tertiary/aromatic N) is 6. The molecule has 10 nitrogen and oxygen atoms in total. The van der Waals surface area contributed by atoms with Crippen molar-refractivity contribution < 1.29 is 9.59 Å². The smallest absolute Gasteiger partial charge is 0.255 e. The molecule has 2 N–H and O–H groups in total. The zero-order chi connectivity index (χ0) is 24.0. The Kier molecular flexibility index (Phi) is 5.24. The first-order valence-corrected chi connectivity index (χ1v) is 11.2. The zero-order valence-corrected chi connectivity index (χ0v) is 19.2. The number of H-pyrrole nitrogens is 1. The second-order valence-corrected chi connectivity index (χ2v) is 8.60. The first-order chi connectivity index (χ1) is 16.4. The summed E-state index contributed by atoms with van der Waals surface area (Å²) in [6, 6.07) is 7.64. The number of aromatic amines is 1. The van der Waals surface area contributed by atoms with Crippen molar-refractivity contribution in [3.63, 3.8) is 0 Å². The van der Waals surface area contributed by atoms with E-state index in [9.17, 15) is 9.59 Å². The molecule has 10 heteroatoms. The lowest BCUT2D eigenvalue weighted by Gasteiger charge is -2.37. The van der Waals surface area contributed by atoms with Crippen molar-refractivity contribution >= 4 is 33.9 Å². The number of carbonyl (C=O) groups is 2. The molecule has 34 heavy (non-hydrogen) atoms. The highest BCUT2D eigenvalue weighted by Crippen LogP contribution is 2.28. The molecule has 4 aromatic rings. The van der Waals surface area contributed by atoms with Crippen molar-refractivity contribution in [1.82, 2.24) is 34.9 Å². The number of benzene rings is 1. The normalized spacial score (nSPS) is 14.7. The van der Waals surface area contributed by atoms with Crippen molar-refractivity contribution in [2.24, 2.45) is 13.0 Å². The van der Waals surface area contributed by atoms with E-state index in [1.54, 1.807) is 24.2 Å². The molecule has 1 fully saturated rings. The number of aromatic nitrogens is 5. The van der Waals surface area contributed by atoms with Gasteiger partial charge in [0.05, 0.1) is 29.3 Å². The van der Waals surface area contributed by atoms with Gasteiger partial charge in [0.25, 0.3) is 5.91 Å². The SMILES string of the molecule is CCc1ccc2c(-c3cnc4[nH]cc(C(=O)N[C@H](C)C(=O)N5CC(C#N)C5)c4n3)nn(C)c2c1. The van der Waals surface area contributed by atoms with Crippen LogP contribution in [0.3, 0.4) is 0 Å². The summed E-state index contributed by atoms with van der Waals surface area (Å²) in [6.45, 7) is 4.54. The number of nitrogens with one attached hydrogen (secondary N) is 2. The van der Waals surface area contributed by atoms with Gasteiger partial charge in [0, 0.05) is 31.7 Å². The van der Waals surface area contributed by atoms with Crippen LogP contribution >= 0.6 is 0 Å². The van der Waals surface area contributed by atoms with Gasteiger partial charge < -0.3 is 15.2 Å². The maximum Gasteiger partial charge on any atom is 0.255 e. The second kappa shape index (κ2) is 8.26. The number of hydrogen-bond acceptors (Lipinski definition) is 6. The number of likely N-dealkylation sites (tertiary alicyclic amines) is 1. The van der Waals surface area contributed by atoms with E-state index in [-0.39, 0.29) is 11.8 Å². The van der Waals surface area contributed by atoms with Crippen LogP contribution in [0.25, 0.3) is 33.5 Å². The number of hydrogen-bond donors (Lipinski definition) is 2. The molecule has 2 amide bonds. The maximum absolute atomic E-state index is 13.0. The molecule has 0 bridgehead atoms. The van der Waals surface area contributed by atoms with E-state index in [0.29, 0.717) is 41.2 Å². The lowest BCUT2D eigenvalue weighted by atomic mass is 10.0. The molecule has 1 aliphatic rings. The van der Waals surface area contributed by atoms with Crippen LogP contribution in [-0.2, 0) is 18.3 Å². The number of rotatable bonds is 5. The van der Waals surface area contributed by atoms with Crippen molar-refractivity contribution in [2.75, 3.05) is 13.1 Å². The van der Waals surface area contributed by atoms with Crippen LogP contribution in [0.5, 0.6) is 0 Å². The second-order valence-electron chi connectivity index (χ2n) is 8.60. The lowest BCUT2D eigenvalue weighted by Crippen LogP contribution is -2.55. The van der Waals surface area contributed by atoms with Crippen molar-refractivity contribution in [1.29, 1.82) is 5.26 Å². The average molecular weight is 457 g/mol. The number of carbonyl (C=O) groups excluding carboxylic acids is 2. The Morgan fingerprint density at radius 2 is 2.15 bits per heavy atom. The van der Waals surface area contributed by atoms with Crippen LogP contribution in [0.15, 0.2) is 30.6 Å². The molecule has 3 aromatic heterocycles. The van der Waals surface area contributed by atoms with Gasteiger partial charge in [-0.2, -0.15) is 10.4 Å². The van der Waals surface area contributed by atoms with E-state index >= 15 is 0 Å². The van der Waals surface area contributed by atoms with Gasteiger partial charge in [0.1, 0.15) is 22.9 Å². The van der Waals surface area contributed by atoms with Gasteiger partial charge in [-0.3, -0.25) is 14.3 Å². The molecule has 0 unspecified atom stereocenters. The molecule has 1 saturated heterocycles. The first-order valence-electron chi connectivity index (χ1n) is 11.2. The zero-order valence-electron chi connectivity index (χ0n) is 19.2. The van der Waals surface area contributed by atoms with Crippen molar-refractivity contribution in [3.8, 4) is 17.5 Å². The fourth-order valence-corrected chi connectivity index (χ4v) is 4.24. The summed E-state index contributed by atoms with van der Waals surface area (Å²) >= 11 is 0. The fraction of sp³-hybridized carbons (Fsp3) is 0.333. The number of amides is 2. The highest BCUT2D eigenvalue weighted by atomic mass is 16.2. The summed E-state index contributed by atoms with van der Waals surface area (Å²) < 4.78 is 1.82. The third-order valence-corrected chi connectivity index (χ3v) is 6.29. The Morgan fingerprint density at radius 3 is 2.88 bits per heavy atom. The van der Waals surface area contributed by atoms with E-state index < -0.39 is 11.9 Å². The lowest BCUT2D eigenvalue weighted by molar-refractivity contribution is -0.137. The molecule has 172 valence electrons. The molecule has 1 aromatic carbocycles. The van der Waals surface area contributed by atoms with Crippen LogP contribution in [-0.4, -0.2) is 60.6 Å². The Hall–Kier alpha value is -4.26. The van der Waals surface area contributed by atoms with Gasteiger partial charge in [-0.15, -0.1) is 0 Å². The van der Waals surface area contributed by atoms with Gasteiger partial charge in [-0.25, -0.2) is 9.97 Å². The molecule has 1 atom stereocenters. The predicted molar refractivity (Wildman–Crippen MR) is 126 cm³/mol. The van der Waals surface area contributed by atoms with E-state index in [2.05, 4.69) is 45.5 Å². The van der Waals surface area contributed by atoms with Gasteiger partial charge in [0.2, 0.25) is 5.91 Å². The first kappa shape index (κ1) is 21.6. The van der Waals surface area contributed by atoms with E-state index in [1.807, 2.05) is 17.8 Å². The summed E-state index contributed by atoms with van der Waals surface area (Å²) in [5.41, 5.74) is 4.65. The Labute approximate surface area is 195 Å². The minimum atomic E-state index is -0.722. The Morgan fingerprint density at radius 1 is 1.35 bits per heavy atom. The molecule has 0 saturated carbocycles. The molecular formula is C24H24N8O2. The number of fused-ring (bicyclic) bond motifs is 2. The molecular weight excluding hydrogens is 432 g/mol. The largest absolute Gasteiger partial charge is 0.344 e. The summed E-state index contributed by atoms with van der Waals surface area (Å²) in [5.74, 6) is -0.766. The van der Waals surface area contributed by atoms with Gasteiger partial charge in [0.15, 0.2) is 5.65 Å². The standard InChI is InChI=1S/C24H24N8O2/c1-4-14-5-6-16-19(7-14)31(3)30-20(16)18-10-27-22-21(29-18)17(9-26-22)23(33)28-13(2)24(34)32-11-15(8-25)12-32/h5-7,9-10,13,15H,4,11-12H2,1-3H3,(H,26,27)(H,28,33)/t13-/m1/s1. The minimum absolute atomic E-state index is 0.134. The predicted octanol–water partition coefficient (Wildman–Crippen LogP) is 2.17. The van der Waals surface area contributed by atoms with Crippen molar-refractivity contribution in [3.05, 3.63) is 41.7 Å². The highest BCUT2D eigenvalue weighted by Gasteiger charge is 2.33. The van der Waals surface area contributed by atoms with Crippen LogP contribution in [0, 0.1) is 17.2 Å². The fourth-order valence-electron chi connectivity index (χ4n) is 4.24. The minimum Gasteiger partial charge on any atom is -0.344 e. The Bertz CT molecular complexity index is 1470. The summed E-state index contributed by atoms with van der Waals surface area (Å²) in [4.78, 5) is 39.2. The number of nitriles is 1. The number of aryl methyl sites for hydroxylation is 2. The van der Waals surface area contributed by atoms with Gasteiger partial charge in [-0.05, 0) is 25.0 Å². The van der Waals surface area contributed by atoms with E-state index in [0.717, 1.165) is 17.3 Å². The third kappa shape index (κ3) is 3.55. The molecule has 5 rings (SSSR count). The third-order valence-electron chi connectivity index (χ3n) is 6.29. The quantitative estimate of drug-likeness (QED) is 0.473. The van der Waals surface area contributed by atoms with Crippen LogP contribution in [0.4, 0.5) is 0 Å². The topological polar surface area (TPSA) is 133 Å². The van der Waals surface area contributed by atoms with Crippen molar-refractivity contribution in [2.45, 2.75) is 26.3 Å². The molecule has 4 heterocycles. The molecule has 0 aliphatic carbocycles. The Balaban J connectivity index is 1.43. The monoisotopic (exact) mass is 456 g/mol. The summed E-state index contributed by atoms with van der Waals surface area (Å²) in [5, 5.41) is 17.3. The van der Waals surface area contributed by atoms with Gasteiger partial charge in [-0.1, -0.05) is 19.1 Å². The molecule has 0 spiro atoms. The van der Waals surface area contributed by atoms with E-state index in [1.165, 1.54) is 5.56 Å². The van der Waals surface area contributed by atoms with Crippen LogP contribution in [0.2, 0.25) is 0 Å².